The highest BCUT2D eigenvalue weighted by atomic mass is 32.2. The van der Waals surface area contributed by atoms with Crippen LogP contribution in [0.5, 0.6) is 0 Å². The third-order valence-corrected chi connectivity index (χ3v) is 6.99. The van der Waals surface area contributed by atoms with Crippen LogP contribution in [0.2, 0.25) is 0 Å². The van der Waals surface area contributed by atoms with Crippen molar-refractivity contribution in [2.75, 3.05) is 39.0 Å². The fraction of sp³-hybridized carbons (Fsp3) is 0.600. The third-order valence-electron chi connectivity index (χ3n) is 6.24. The number of hydrogen-bond donors (Lipinski definition) is 2. The number of quaternary nitrogens is 2. The summed E-state index contributed by atoms with van der Waals surface area (Å²) >= 11 is 1.83. The van der Waals surface area contributed by atoms with Gasteiger partial charge in [0.1, 0.15) is 32.7 Å². The van der Waals surface area contributed by atoms with Gasteiger partial charge in [0.2, 0.25) is 0 Å². The Kier molecular flexibility index (Phi) is 4.79. The van der Waals surface area contributed by atoms with Crippen LogP contribution in [0.25, 0.3) is 0 Å². The molecule has 0 radical (unpaired) electrons. The molecule has 2 N–H and O–H groups in total. The molecule has 4 rings (SSSR count). The fourth-order valence-corrected chi connectivity index (χ4v) is 5.28. The first kappa shape index (κ1) is 15.7. The first-order valence-electron chi connectivity index (χ1n) is 9.28. The number of nitrogens with one attached hydrogen (secondary N) is 2. The molecular weight excluding hydrogens is 300 g/mol. The number of hydrogen-bond acceptors (Lipinski definition) is 1. The molecule has 1 saturated carbocycles. The van der Waals surface area contributed by atoms with Crippen LogP contribution in [-0.4, -0.2) is 39.0 Å². The smallest absolute Gasteiger partial charge is 0.127 e. The molecule has 2 bridgehead atoms. The van der Waals surface area contributed by atoms with Crippen molar-refractivity contribution in [2.45, 2.75) is 24.3 Å². The van der Waals surface area contributed by atoms with Crippen molar-refractivity contribution in [3.8, 4) is 0 Å². The number of fused-ring (bicyclic) bond motifs is 2. The van der Waals surface area contributed by atoms with Crippen LogP contribution in [0.1, 0.15) is 18.4 Å². The SMILES string of the molecule is CSc1ccc(C[NH+]2CC[NH+](C[C@@H]3C[C@@H]4C=C[C@H]3C4)CC2)cc1. The van der Waals surface area contributed by atoms with Crippen LogP contribution < -0.4 is 9.80 Å². The molecule has 0 spiro atoms. The van der Waals surface area contributed by atoms with Crippen LogP contribution in [0.15, 0.2) is 41.3 Å². The van der Waals surface area contributed by atoms with E-state index in [1.165, 1.54) is 62.6 Å². The Hall–Kier alpha value is -0.770. The topological polar surface area (TPSA) is 8.88 Å². The van der Waals surface area contributed by atoms with Crippen LogP contribution >= 0.6 is 11.8 Å². The lowest BCUT2D eigenvalue weighted by atomic mass is 9.93. The van der Waals surface area contributed by atoms with Gasteiger partial charge in [-0.1, -0.05) is 24.3 Å². The molecule has 1 heterocycles. The second kappa shape index (κ2) is 7.00. The molecule has 1 aromatic carbocycles. The van der Waals surface area contributed by atoms with Crippen molar-refractivity contribution in [1.82, 2.24) is 0 Å². The van der Waals surface area contributed by atoms with Crippen molar-refractivity contribution in [2.24, 2.45) is 17.8 Å². The summed E-state index contributed by atoms with van der Waals surface area (Å²) in [5.41, 5.74) is 1.50. The van der Waals surface area contributed by atoms with E-state index in [-0.39, 0.29) is 0 Å². The maximum atomic E-state index is 2.51. The minimum absolute atomic E-state index is 0.924. The summed E-state index contributed by atoms with van der Waals surface area (Å²) in [7, 11) is 0. The monoisotopic (exact) mass is 330 g/mol. The van der Waals surface area contributed by atoms with Gasteiger partial charge in [-0.15, -0.1) is 11.8 Å². The van der Waals surface area contributed by atoms with Crippen molar-refractivity contribution in [3.63, 3.8) is 0 Å². The summed E-state index contributed by atoms with van der Waals surface area (Å²) in [6, 6.07) is 9.17. The molecule has 124 valence electrons. The molecule has 0 aromatic heterocycles. The van der Waals surface area contributed by atoms with Gasteiger partial charge in [-0.2, -0.15) is 0 Å². The van der Waals surface area contributed by atoms with E-state index in [9.17, 15) is 0 Å². The normalized spacial score (nSPS) is 35.8. The van der Waals surface area contributed by atoms with E-state index in [1.54, 1.807) is 4.90 Å². The second-order valence-electron chi connectivity index (χ2n) is 7.77. The third kappa shape index (κ3) is 3.67. The number of rotatable bonds is 5. The van der Waals surface area contributed by atoms with Gasteiger partial charge in [-0.25, -0.2) is 0 Å². The highest BCUT2D eigenvalue weighted by Crippen LogP contribution is 2.42. The number of benzene rings is 1. The molecule has 3 atom stereocenters. The zero-order valence-corrected chi connectivity index (χ0v) is 15.1. The van der Waals surface area contributed by atoms with E-state index < -0.39 is 0 Å². The fourth-order valence-electron chi connectivity index (χ4n) is 4.87. The second-order valence-corrected chi connectivity index (χ2v) is 8.65. The maximum absolute atomic E-state index is 2.51. The molecule has 1 aliphatic heterocycles. The van der Waals surface area contributed by atoms with E-state index in [1.807, 2.05) is 16.7 Å². The number of allylic oxidation sites excluding steroid dienone is 2. The zero-order valence-electron chi connectivity index (χ0n) is 14.3. The quantitative estimate of drug-likeness (QED) is 0.602. The Bertz CT molecular complexity index is 545. The maximum Gasteiger partial charge on any atom is 0.127 e. The van der Waals surface area contributed by atoms with E-state index in [4.69, 9.17) is 0 Å². The number of piperazine rings is 1. The van der Waals surface area contributed by atoms with Gasteiger partial charge >= 0.3 is 0 Å². The molecule has 1 aromatic rings. The average molecular weight is 331 g/mol. The Morgan fingerprint density at radius 3 is 2.30 bits per heavy atom. The molecular formula is C20H30N2S+2. The molecule has 2 aliphatic carbocycles. The van der Waals surface area contributed by atoms with E-state index >= 15 is 0 Å². The summed E-state index contributed by atoms with van der Waals surface area (Å²) in [5, 5.41) is 0. The van der Waals surface area contributed by atoms with Crippen LogP contribution in [0.4, 0.5) is 0 Å². The lowest BCUT2D eigenvalue weighted by molar-refractivity contribution is -1.02. The van der Waals surface area contributed by atoms with Gasteiger partial charge in [0.25, 0.3) is 0 Å². The Morgan fingerprint density at radius 2 is 1.70 bits per heavy atom. The Balaban J connectivity index is 1.23. The summed E-state index contributed by atoms with van der Waals surface area (Å²) in [6.45, 7) is 8.07. The van der Waals surface area contributed by atoms with Crippen molar-refractivity contribution in [3.05, 3.63) is 42.0 Å². The summed E-state index contributed by atoms with van der Waals surface area (Å²) < 4.78 is 0. The standard InChI is InChI=1S/C20H28N2S/c1-23-20-6-3-16(4-7-20)14-21-8-10-22(11-9-21)15-19-13-17-2-5-18(19)12-17/h2-7,17-19H,8-15H2,1H3/p+2/t17-,18+,19+/m1/s1. The highest BCUT2D eigenvalue weighted by molar-refractivity contribution is 7.98. The first-order valence-corrected chi connectivity index (χ1v) is 10.5. The highest BCUT2D eigenvalue weighted by Gasteiger charge is 2.38. The Morgan fingerprint density at radius 1 is 0.957 bits per heavy atom. The summed E-state index contributed by atoms with van der Waals surface area (Å²) in [5.74, 6) is 2.84. The lowest BCUT2D eigenvalue weighted by Gasteiger charge is -2.32. The van der Waals surface area contributed by atoms with Gasteiger partial charge < -0.3 is 9.80 Å². The van der Waals surface area contributed by atoms with Gasteiger partial charge in [0, 0.05) is 16.4 Å². The van der Waals surface area contributed by atoms with Crippen molar-refractivity contribution in [1.29, 1.82) is 0 Å². The van der Waals surface area contributed by atoms with Crippen LogP contribution in [-0.2, 0) is 6.54 Å². The summed E-state index contributed by atoms with van der Waals surface area (Å²) in [4.78, 5) is 5.02. The first-order chi connectivity index (χ1) is 11.3. The molecule has 23 heavy (non-hydrogen) atoms. The average Bonchev–Trinajstić information content (AvgIpc) is 3.20. The molecule has 3 aliphatic rings. The summed E-state index contributed by atoms with van der Waals surface area (Å²) in [6.07, 6.45) is 10.1. The predicted molar refractivity (Wildman–Crippen MR) is 97.0 cm³/mol. The lowest BCUT2D eigenvalue weighted by Crippen LogP contribution is -3.27. The van der Waals surface area contributed by atoms with Crippen molar-refractivity contribution >= 4 is 11.8 Å². The van der Waals surface area contributed by atoms with E-state index in [0.29, 0.717) is 0 Å². The van der Waals surface area contributed by atoms with E-state index in [0.717, 1.165) is 17.8 Å². The van der Waals surface area contributed by atoms with Crippen molar-refractivity contribution < 1.29 is 9.80 Å². The number of thioether (sulfide) groups is 1. The van der Waals surface area contributed by atoms with Crippen LogP contribution in [0, 0.1) is 17.8 Å². The minimum Gasteiger partial charge on any atom is -0.325 e. The molecule has 2 fully saturated rings. The van der Waals surface area contributed by atoms with Crippen LogP contribution in [0.3, 0.4) is 0 Å². The van der Waals surface area contributed by atoms with Gasteiger partial charge in [-0.05, 0) is 43.1 Å². The molecule has 2 nitrogen and oxygen atoms in total. The molecule has 0 unspecified atom stereocenters. The zero-order chi connectivity index (χ0) is 15.6. The molecule has 1 saturated heterocycles. The van der Waals surface area contributed by atoms with E-state index in [2.05, 4.69) is 42.7 Å². The largest absolute Gasteiger partial charge is 0.325 e. The van der Waals surface area contributed by atoms with Gasteiger partial charge in [0.05, 0.1) is 6.54 Å². The Labute approximate surface area is 144 Å². The van der Waals surface area contributed by atoms with Gasteiger partial charge in [-0.3, -0.25) is 0 Å². The molecule has 3 heteroatoms. The van der Waals surface area contributed by atoms with Gasteiger partial charge in [0.15, 0.2) is 0 Å². The predicted octanol–water partition coefficient (Wildman–Crippen LogP) is 0.904. The molecule has 0 amide bonds. The minimum atomic E-state index is 0.924.